The van der Waals surface area contributed by atoms with Gasteiger partial charge < -0.3 is 10.6 Å². The fourth-order valence-corrected chi connectivity index (χ4v) is 3.01. The topological polar surface area (TPSA) is 24.1 Å². The van der Waals surface area contributed by atoms with E-state index in [9.17, 15) is 0 Å². The molecule has 0 radical (unpaired) electrons. The molecule has 82 valence electrons. The Morgan fingerprint density at radius 3 is 2.64 bits per heavy atom. The second-order valence-corrected chi connectivity index (χ2v) is 5.36. The summed E-state index contributed by atoms with van der Waals surface area (Å²) in [6, 6.07) is 1.53. The maximum Gasteiger partial charge on any atom is 0.0207 e. The summed E-state index contributed by atoms with van der Waals surface area (Å²) in [4.78, 5) is 0. The van der Waals surface area contributed by atoms with Gasteiger partial charge in [-0.25, -0.2) is 0 Å². The first-order chi connectivity index (χ1) is 6.75. The Bertz CT molecular complexity index is 175. The van der Waals surface area contributed by atoms with Crippen LogP contribution < -0.4 is 10.6 Å². The third-order valence-electron chi connectivity index (χ3n) is 3.94. The molecule has 1 heterocycles. The highest BCUT2D eigenvalue weighted by atomic mass is 15.0. The Hall–Kier alpha value is -0.0800. The van der Waals surface area contributed by atoms with Crippen molar-refractivity contribution in [3.63, 3.8) is 0 Å². The van der Waals surface area contributed by atoms with E-state index in [-0.39, 0.29) is 0 Å². The lowest BCUT2D eigenvalue weighted by atomic mass is 9.79. The van der Waals surface area contributed by atoms with Crippen LogP contribution in [0.25, 0.3) is 0 Å². The average Bonchev–Trinajstić information content (AvgIpc) is 2.62. The summed E-state index contributed by atoms with van der Waals surface area (Å²) >= 11 is 0. The van der Waals surface area contributed by atoms with Gasteiger partial charge in [0.2, 0.25) is 0 Å². The van der Waals surface area contributed by atoms with Crippen molar-refractivity contribution >= 4 is 0 Å². The highest BCUT2D eigenvalue weighted by molar-refractivity contribution is 4.86. The second kappa shape index (κ2) is 4.63. The first kappa shape index (κ1) is 10.4. The van der Waals surface area contributed by atoms with Crippen LogP contribution in [0.5, 0.6) is 0 Å². The Kier molecular flexibility index (Phi) is 3.45. The molecule has 0 bridgehead atoms. The Morgan fingerprint density at radius 1 is 1.14 bits per heavy atom. The van der Waals surface area contributed by atoms with E-state index in [1.165, 1.54) is 38.8 Å². The van der Waals surface area contributed by atoms with Crippen LogP contribution in [-0.4, -0.2) is 25.2 Å². The molecule has 1 saturated carbocycles. The van der Waals surface area contributed by atoms with Gasteiger partial charge in [-0.15, -0.1) is 0 Å². The summed E-state index contributed by atoms with van der Waals surface area (Å²) in [5.74, 6) is 1.82. The number of nitrogens with one attached hydrogen (secondary N) is 2. The lowest BCUT2D eigenvalue weighted by Crippen LogP contribution is -2.45. The highest BCUT2D eigenvalue weighted by Crippen LogP contribution is 2.29. The molecule has 2 N–H and O–H groups in total. The zero-order chi connectivity index (χ0) is 9.97. The van der Waals surface area contributed by atoms with Crippen molar-refractivity contribution in [2.24, 2.45) is 11.8 Å². The van der Waals surface area contributed by atoms with Crippen molar-refractivity contribution in [2.75, 3.05) is 13.1 Å². The summed E-state index contributed by atoms with van der Waals surface area (Å²) < 4.78 is 0. The molecule has 0 aromatic rings. The SMILES string of the molecule is CC1CCC(NC2CCNC2)C(C)C1. The first-order valence-corrected chi connectivity index (χ1v) is 6.22. The minimum Gasteiger partial charge on any atom is -0.315 e. The molecule has 2 rings (SSSR count). The Morgan fingerprint density at radius 2 is 2.00 bits per heavy atom. The zero-order valence-electron chi connectivity index (χ0n) is 9.55. The normalized spacial score (nSPS) is 44.1. The van der Waals surface area contributed by atoms with E-state index in [0.717, 1.165) is 23.9 Å². The number of hydrogen-bond donors (Lipinski definition) is 2. The van der Waals surface area contributed by atoms with E-state index >= 15 is 0 Å². The smallest absolute Gasteiger partial charge is 0.0207 e. The van der Waals surface area contributed by atoms with Crippen molar-refractivity contribution in [3.05, 3.63) is 0 Å². The molecule has 0 spiro atoms. The van der Waals surface area contributed by atoms with Gasteiger partial charge in [-0.2, -0.15) is 0 Å². The Labute approximate surface area is 87.8 Å². The molecule has 4 unspecified atom stereocenters. The molecule has 14 heavy (non-hydrogen) atoms. The first-order valence-electron chi connectivity index (χ1n) is 6.22. The molecule has 0 amide bonds. The van der Waals surface area contributed by atoms with E-state index in [4.69, 9.17) is 0 Å². The fraction of sp³-hybridized carbons (Fsp3) is 1.00. The summed E-state index contributed by atoms with van der Waals surface area (Å²) in [5.41, 5.74) is 0. The van der Waals surface area contributed by atoms with Gasteiger partial charge in [0, 0.05) is 18.6 Å². The highest BCUT2D eigenvalue weighted by Gasteiger charge is 2.27. The second-order valence-electron chi connectivity index (χ2n) is 5.36. The molecule has 1 saturated heterocycles. The molecule has 2 nitrogen and oxygen atoms in total. The van der Waals surface area contributed by atoms with Crippen LogP contribution >= 0.6 is 0 Å². The van der Waals surface area contributed by atoms with Gasteiger partial charge in [0.1, 0.15) is 0 Å². The van der Waals surface area contributed by atoms with Gasteiger partial charge in [0.25, 0.3) is 0 Å². The van der Waals surface area contributed by atoms with Gasteiger partial charge in [-0.1, -0.05) is 13.8 Å². The molecular formula is C12H24N2. The van der Waals surface area contributed by atoms with Gasteiger partial charge in [0.15, 0.2) is 0 Å². The van der Waals surface area contributed by atoms with E-state index < -0.39 is 0 Å². The summed E-state index contributed by atoms with van der Waals surface area (Å²) in [6.45, 7) is 7.19. The van der Waals surface area contributed by atoms with Crippen LogP contribution in [0.15, 0.2) is 0 Å². The summed E-state index contributed by atoms with van der Waals surface area (Å²) in [5, 5.41) is 7.25. The summed E-state index contributed by atoms with van der Waals surface area (Å²) in [6.07, 6.45) is 5.54. The zero-order valence-corrected chi connectivity index (χ0v) is 9.55. The van der Waals surface area contributed by atoms with Crippen LogP contribution in [0.3, 0.4) is 0 Å². The molecule has 1 aliphatic heterocycles. The van der Waals surface area contributed by atoms with Gasteiger partial charge >= 0.3 is 0 Å². The molecule has 4 atom stereocenters. The molecule has 2 heteroatoms. The third kappa shape index (κ3) is 2.48. The molecule has 0 aromatic carbocycles. The van der Waals surface area contributed by atoms with Crippen molar-refractivity contribution in [3.8, 4) is 0 Å². The predicted octanol–water partition coefficient (Wildman–Crippen LogP) is 1.76. The summed E-state index contributed by atoms with van der Waals surface area (Å²) in [7, 11) is 0. The largest absolute Gasteiger partial charge is 0.315 e. The van der Waals surface area contributed by atoms with E-state index in [2.05, 4.69) is 24.5 Å². The molecule has 2 fully saturated rings. The monoisotopic (exact) mass is 196 g/mol. The van der Waals surface area contributed by atoms with E-state index in [1.54, 1.807) is 0 Å². The third-order valence-corrected chi connectivity index (χ3v) is 3.94. The minimum atomic E-state index is 0.746. The van der Waals surface area contributed by atoms with Gasteiger partial charge in [-0.05, 0) is 44.1 Å². The molecule has 2 aliphatic rings. The van der Waals surface area contributed by atoms with Crippen LogP contribution in [0.1, 0.15) is 39.5 Å². The minimum absolute atomic E-state index is 0.746. The maximum atomic E-state index is 3.83. The molecule has 1 aliphatic carbocycles. The quantitative estimate of drug-likeness (QED) is 0.703. The standard InChI is InChI=1S/C12H24N2/c1-9-3-4-12(10(2)7-9)14-11-5-6-13-8-11/h9-14H,3-8H2,1-2H3. The van der Waals surface area contributed by atoms with Crippen LogP contribution in [0.4, 0.5) is 0 Å². The molecule has 0 aromatic heterocycles. The van der Waals surface area contributed by atoms with E-state index in [1.807, 2.05) is 0 Å². The lowest BCUT2D eigenvalue weighted by molar-refractivity contribution is 0.216. The number of hydrogen-bond acceptors (Lipinski definition) is 2. The Balaban J connectivity index is 1.79. The van der Waals surface area contributed by atoms with E-state index in [0.29, 0.717) is 0 Å². The fourth-order valence-electron chi connectivity index (χ4n) is 3.01. The van der Waals surface area contributed by atoms with Crippen molar-refractivity contribution in [2.45, 2.75) is 51.6 Å². The van der Waals surface area contributed by atoms with Crippen molar-refractivity contribution < 1.29 is 0 Å². The average molecular weight is 196 g/mol. The number of rotatable bonds is 2. The van der Waals surface area contributed by atoms with Crippen molar-refractivity contribution in [1.82, 2.24) is 10.6 Å². The molecular weight excluding hydrogens is 172 g/mol. The van der Waals surface area contributed by atoms with Gasteiger partial charge in [0.05, 0.1) is 0 Å². The van der Waals surface area contributed by atoms with Crippen LogP contribution in [0.2, 0.25) is 0 Å². The van der Waals surface area contributed by atoms with Crippen LogP contribution in [0, 0.1) is 11.8 Å². The van der Waals surface area contributed by atoms with Crippen molar-refractivity contribution in [1.29, 1.82) is 0 Å². The van der Waals surface area contributed by atoms with Gasteiger partial charge in [-0.3, -0.25) is 0 Å². The lowest BCUT2D eigenvalue weighted by Gasteiger charge is -2.35. The predicted molar refractivity (Wildman–Crippen MR) is 60.4 cm³/mol. The van der Waals surface area contributed by atoms with Crippen LogP contribution in [-0.2, 0) is 0 Å². The maximum absolute atomic E-state index is 3.83.